The summed E-state index contributed by atoms with van der Waals surface area (Å²) in [6, 6.07) is 6.83. The summed E-state index contributed by atoms with van der Waals surface area (Å²) in [6.45, 7) is 5.84. The zero-order valence-electron chi connectivity index (χ0n) is 10.5. The van der Waals surface area contributed by atoms with Gasteiger partial charge in [0.2, 0.25) is 0 Å². The van der Waals surface area contributed by atoms with Gasteiger partial charge in [0.1, 0.15) is 23.5 Å². The number of nitrogens with zero attached hydrogens (tertiary/aromatic N) is 2. The molecule has 1 N–H and O–H groups in total. The molecule has 0 amide bonds. The van der Waals surface area contributed by atoms with Crippen LogP contribution < -0.4 is 0 Å². The Morgan fingerprint density at radius 1 is 1.28 bits per heavy atom. The van der Waals surface area contributed by atoms with Crippen LogP contribution in [0.1, 0.15) is 31.9 Å². The van der Waals surface area contributed by atoms with Gasteiger partial charge in [0.25, 0.3) is 0 Å². The van der Waals surface area contributed by atoms with Crippen LogP contribution in [-0.2, 0) is 5.41 Å². The molecule has 0 radical (unpaired) electrons. The summed E-state index contributed by atoms with van der Waals surface area (Å²) < 4.78 is 0. The van der Waals surface area contributed by atoms with Crippen molar-refractivity contribution < 1.29 is 5.11 Å². The second-order valence-electron chi connectivity index (χ2n) is 4.93. The highest BCUT2D eigenvalue weighted by atomic mass is 35.5. The zero-order chi connectivity index (χ0) is 13.9. The SMILES string of the molecule is CC(C)(C)c1cc(C=C(C#N)C#N)cc(Cl)c1O. The average Bonchev–Trinajstić information content (AvgIpc) is 2.28. The highest BCUT2D eigenvalue weighted by Crippen LogP contribution is 2.37. The van der Waals surface area contributed by atoms with Crippen LogP contribution in [0.4, 0.5) is 0 Å². The number of allylic oxidation sites excluding steroid dienone is 1. The number of hydrogen-bond acceptors (Lipinski definition) is 3. The van der Waals surface area contributed by atoms with Gasteiger partial charge in [0.05, 0.1) is 5.02 Å². The third-order valence-corrected chi connectivity index (χ3v) is 2.73. The second-order valence-corrected chi connectivity index (χ2v) is 5.34. The fraction of sp³-hybridized carbons (Fsp3) is 0.286. The van der Waals surface area contributed by atoms with Crippen molar-refractivity contribution in [2.75, 3.05) is 0 Å². The highest BCUT2D eigenvalue weighted by Gasteiger charge is 2.20. The lowest BCUT2D eigenvalue weighted by Crippen LogP contribution is -2.11. The highest BCUT2D eigenvalue weighted by molar-refractivity contribution is 6.32. The first-order valence-electron chi connectivity index (χ1n) is 5.34. The van der Waals surface area contributed by atoms with Gasteiger partial charge in [-0.25, -0.2) is 0 Å². The van der Waals surface area contributed by atoms with Crippen molar-refractivity contribution >= 4 is 17.7 Å². The molecular formula is C14H13ClN2O. The third kappa shape index (κ3) is 3.03. The molecule has 0 aliphatic heterocycles. The maximum absolute atomic E-state index is 9.92. The molecule has 3 nitrogen and oxygen atoms in total. The van der Waals surface area contributed by atoms with E-state index in [2.05, 4.69) is 0 Å². The van der Waals surface area contributed by atoms with Gasteiger partial charge in [-0.05, 0) is 29.2 Å². The van der Waals surface area contributed by atoms with Crippen LogP contribution in [0.5, 0.6) is 5.75 Å². The van der Waals surface area contributed by atoms with Crippen LogP contribution in [0.2, 0.25) is 5.02 Å². The van der Waals surface area contributed by atoms with Gasteiger partial charge < -0.3 is 5.11 Å². The molecule has 0 saturated carbocycles. The predicted molar refractivity (Wildman–Crippen MR) is 71.0 cm³/mol. The number of nitriles is 2. The maximum atomic E-state index is 9.92. The van der Waals surface area contributed by atoms with E-state index in [-0.39, 0.29) is 21.8 Å². The first-order chi connectivity index (χ1) is 8.29. The van der Waals surface area contributed by atoms with Crippen molar-refractivity contribution in [1.82, 2.24) is 0 Å². The Hall–Kier alpha value is -1.97. The lowest BCUT2D eigenvalue weighted by Gasteiger charge is -2.21. The number of hydrogen-bond donors (Lipinski definition) is 1. The summed E-state index contributed by atoms with van der Waals surface area (Å²) >= 11 is 5.95. The molecule has 0 bridgehead atoms. The number of phenols is 1. The van der Waals surface area contributed by atoms with E-state index in [1.165, 1.54) is 12.1 Å². The predicted octanol–water partition coefficient (Wildman–Crippen LogP) is 3.77. The van der Waals surface area contributed by atoms with Crippen molar-refractivity contribution in [2.45, 2.75) is 26.2 Å². The Kier molecular flexibility index (Phi) is 4.01. The van der Waals surface area contributed by atoms with E-state index in [1.54, 1.807) is 18.2 Å². The number of phenolic OH excluding ortho intramolecular Hbond substituents is 1. The lowest BCUT2D eigenvalue weighted by atomic mass is 9.85. The zero-order valence-corrected chi connectivity index (χ0v) is 11.2. The molecule has 0 aliphatic rings. The minimum Gasteiger partial charge on any atom is -0.506 e. The monoisotopic (exact) mass is 260 g/mol. The quantitative estimate of drug-likeness (QED) is 0.782. The van der Waals surface area contributed by atoms with E-state index in [0.29, 0.717) is 11.1 Å². The van der Waals surface area contributed by atoms with Crippen LogP contribution in [0.15, 0.2) is 17.7 Å². The molecule has 0 fully saturated rings. The van der Waals surface area contributed by atoms with Crippen LogP contribution in [-0.4, -0.2) is 5.11 Å². The van der Waals surface area contributed by atoms with E-state index in [4.69, 9.17) is 22.1 Å². The lowest BCUT2D eigenvalue weighted by molar-refractivity contribution is 0.447. The van der Waals surface area contributed by atoms with Crippen molar-refractivity contribution in [3.05, 3.63) is 33.9 Å². The molecule has 1 rings (SSSR count). The molecular weight excluding hydrogens is 248 g/mol. The molecule has 0 saturated heterocycles. The fourth-order valence-electron chi connectivity index (χ4n) is 1.53. The van der Waals surface area contributed by atoms with Gasteiger partial charge in [-0.3, -0.25) is 0 Å². The fourth-order valence-corrected chi connectivity index (χ4v) is 1.76. The molecule has 1 aromatic rings. The van der Waals surface area contributed by atoms with Crippen LogP contribution in [0, 0.1) is 22.7 Å². The third-order valence-electron chi connectivity index (χ3n) is 2.45. The first-order valence-corrected chi connectivity index (χ1v) is 5.72. The Morgan fingerprint density at radius 2 is 1.83 bits per heavy atom. The maximum Gasteiger partial charge on any atom is 0.137 e. The molecule has 92 valence electrons. The Bertz CT molecular complexity index is 568. The summed E-state index contributed by atoms with van der Waals surface area (Å²) in [5, 5.41) is 27.6. The summed E-state index contributed by atoms with van der Waals surface area (Å²) in [6.07, 6.45) is 1.44. The molecule has 0 heterocycles. The van der Waals surface area contributed by atoms with E-state index in [1.807, 2.05) is 20.8 Å². The summed E-state index contributed by atoms with van der Waals surface area (Å²) in [5.41, 5.74) is 1.02. The number of aromatic hydroxyl groups is 1. The van der Waals surface area contributed by atoms with E-state index in [0.717, 1.165) is 0 Å². The van der Waals surface area contributed by atoms with Crippen molar-refractivity contribution in [1.29, 1.82) is 10.5 Å². The molecule has 0 atom stereocenters. The number of rotatable bonds is 1. The van der Waals surface area contributed by atoms with Gasteiger partial charge in [0.15, 0.2) is 0 Å². The first kappa shape index (κ1) is 14.1. The standard InChI is InChI=1S/C14H13ClN2O/c1-14(2,3)11-5-9(4-10(7-16)8-17)6-12(15)13(11)18/h4-6,18H,1-3H3. The van der Waals surface area contributed by atoms with Gasteiger partial charge in [-0.15, -0.1) is 0 Å². The van der Waals surface area contributed by atoms with E-state index in [9.17, 15) is 5.11 Å². The van der Waals surface area contributed by atoms with Crippen LogP contribution >= 0.6 is 11.6 Å². The topological polar surface area (TPSA) is 67.8 Å². The molecule has 0 aromatic heterocycles. The van der Waals surface area contributed by atoms with Gasteiger partial charge in [-0.1, -0.05) is 32.4 Å². The van der Waals surface area contributed by atoms with E-state index >= 15 is 0 Å². The molecule has 1 aromatic carbocycles. The molecule has 4 heteroatoms. The Morgan fingerprint density at radius 3 is 2.28 bits per heavy atom. The van der Waals surface area contributed by atoms with Crippen LogP contribution in [0.3, 0.4) is 0 Å². The van der Waals surface area contributed by atoms with Gasteiger partial charge >= 0.3 is 0 Å². The summed E-state index contributed by atoms with van der Waals surface area (Å²) in [7, 11) is 0. The smallest absolute Gasteiger partial charge is 0.137 e. The molecule has 0 spiro atoms. The number of halogens is 1. The Labute approximate surface area is 112 Å². The molecule has 0 aliphatic carbocycles. The largest absolute Gasteiger partial charge is 0.506 e. The van der Waals surface area contributed by atoms with Crippen LogP contribution in [0.25, 0.3) is 6.08 Å². The minimum atomic E-state index is -0.281. The molecule has 18 heavy (non-hydrogen) atoms. The minimum absolute atomic E-state index is 0.00313. The Balaban J connectivity index is 3.45. The second kappa shape index (κ2) is 5.12. The molecule has 0 unspecified atom stereocenters. The van der Waals surface area contributed by atoms with Gasteiger partial charge in [0, 0.05) is 5.56 Å². The summed E-state index contributed by atoms with van der Waals surface area (Å²) in [4.78, 5) is 0. The average molecular weight is 261 g/mol. The van der Waals surface area contributed by atoms with Crippen molar-refractivity contribution in [3.63, 3.8) is 0 Å². The number of benzene rings is 1. The van der Waals surface area contributed by atoms with E-state index < -0.39 is 0 Å². The van der Waals surface area contributed by atoms with Gasteiger partial charge in [-0.2, -0.15) is 10.5 Å². The van der Waals surface area contributed by atoms with Crippen molar-refractivity contribution in [2.24, 2.45) is 0 Å². The normalized spacial score (nSPS) is 10.3. The van der Waals surface area contributed by atoms with Crippen molar-refractivity contribution in [3.8, 4) is 17.9 Å². The summed E-state index contributed by atoms with van der Waals surface area (Å²) in [5.74, 6) is 0.0387.